The summed E-state index contributed by atoms with van der Waals surface area (Å²) in [4.78, 5) is 14.0. The highest BCUT2D eigenvalue weighted by molar-refractivity contribution is 5.73. The number of aliphatic carboxylic acids is 1. The van der Waals surface area contributed by atoms with Gasteiger partial charge in [-0.3, -0.25) is 9.69 Å². The Morgan fingerprint density at radius 2 is 1.12 bits per heavy atom. The second kappa shape index (κ2) is 17.6. The van der Waals surface area contributed by atoms with Crippen LogP contribution >= 0.6 is 0 Å². The maximum absolute atomic E-state index is 11.7. The molecule has 0 heterocycles. The lowest BCUT2D eigenvalue weighted by molar-refractivity contribution is -0.138. The van der Waals surface area contributed by atoms with Crippen LogP contribution in [-0.2, 0) is 28.7 Å². The van der Waals surface area contributed by atoms with Gasteiger partial charge in [0.25, 0.3) is 0 Å². The Labute approximate surface area is 298 Å². The van der Waals surface area contributed by atoms with Crippen LogP contribution in [0, 0.1) is 23.7 Å². The molecule has 0 aliphatic rings. The highest BCUT2D eigenvalue weighted by Crippen LogP contribution is 2.32. The molecule has 1 unspecified atom stereocenters. The van der Waals surface area contributed by atoms with E-state index in [0.29, 0.717) is 19.6 Å². The molecule has 0 bridgehead atoms. The molecule has 6 nitrogen and oxygen atoms in total. The molecule has 0 aliphatic heterocycles. The van der Waals surface area contributed by atoms with Crippen LogP contribution in [0.2, 0.25) is 0 Å². The lowest BCUT2D eigenvalue weighted by Gasteiger charge is -2.28. The monoisotopic (exact) mass is 670 g/mol. The van der Waals surface area contributed by atoms with Crippen molar-refractivity contribution in [3.8, 4) is 35.2 Å². The first-order valence-electron chi connectivity index (χ1n) is 17.1. The Kier molecular flexibility index (Phi) is 13.3. The van der Waals surface area contributed by atoms with Crippen molar-refractivity contribution in [2.75, 3.05) is 19.8 Å². The zero-order valence-electron chi connectivity index (χ0n) is 30.3. The lowest BCUT2D eigenvalue weighted by atomic mass is 9.85. The predicted molar refractivity (Wildman–Crippen MR) is 202 cm³/mol. The minimum Gasteiger partial charge on any atom is -0.481 e. The molecule has 4 rings (SSSR count). The summed E-state index contributed by atoms with van der Waals surface area (Å²) in [7, 11) is 0. The number of carbonyl (C=O) groups is 1. The first-order chi connectivity index (χ1) is 23.8. The summed E-state index contributed by atoms with van der Waals surface area (Å²) in [5.74, 6) is 13.1. The molecule has 260 valence electrons. The van der Waals surface area contributed by atoms with E-state index in [9.17, 15) is 9.90 Å². The Bertz CT molecular complexity index is 1710. The van der Waals surface area contributed by atoms with Gasteiger partial charge in [0, 0.05) is 41.9 Å². The summed E-state index contributed by atoms with van der Waals surface area (Å²) < 4.78 is 12.5. The van der Waals surface area contributed by atoms with Gasteiger partial charge in [0.05, 0.1) is 0 Å². The summed E-state index contributed by atoms with van der Waals surface area (Å²) in [6.07, 6.45) is 0.282. The fourth-order valence-electron chi connectivity index (χ4n) is 5.31. The molecular formula is C44H50N2O4. The zero-order chi connectivity index (χ0) is 36.1. The second-order valence-corrected chi connectivity index (χ2v) is 14.5. The summed E-state index contributed by atoms with van der Waals surface area (Å²) in [6, 6.07) is 31.3. The average Bonchev–Trinajstić information content (AvgIpc) is 3.08. The summed E-state index contributed by atoms with van der Waals surface area (Å²) >= 11 is 0. The molecule has 4 aromatic carbocycles. The van der Waals surface area contributed by atoms with Crippen LogP contribution in [0.5, 0.6) is 11.5 Å². The molecule has 0 amide bonds. The highest BCUT2D eigenvalue weighted by Gasteiger charge is 2.22. The van der Waals surface area contributed by atoms with Crippen molar-refractivity contribution in [2.24, 2.45) is 5.73 Å². The quantitative estimate of drug-likeness (QED) is 0.149. The standard InChI is InChI=1S/C44H50N2O4/c1-43(2,3)37-21-23-40(49-27-13-19-33-15-9-7-10-16-33)35(29-37)31-46(26-25-39(45)42(47)48)32-36-30-38(44(4,5)6)22-24-41(36)50-28-14-20-34-17-11-8-12-18-34/h7-12,15-18,21-24,29-30,39H,25-28,31-32,45H2,1-6H3,(H,47,48). The van der Waals surface area contributed by atoms with E-state index < -0.39 is 12.0 Å². The summed E-state index contributed by atoms with van der Waals surface area (Å²) in [6.45, 7) is 15.0. The number of carboxylic acids is 1. The molecule has 50 heavy (non-hydrogen) atoms. The number of carboxylic acid groups (broad SMARTS) is 1. The maximum atomic E-state index is 11.7. The molecule has 3 N–H and O–H groups in total. The smallest absolute Gasteiger partial charge is 0.320 e. The van der Waals surface area contributed by atoms with Crippen LogP contribution in [0.25, 0.3) is 0 Å². The molecule has 6 heteroatoms. The third-order valence-corrected chi connectivity index (χ3v) is 8.33. The van der Waals surface area contributed by atoms with Crippen molar-refractivity contribution in [2.45, 2.75) is 77.9 Å². The van der Waals surface area contributed by atoms with Crippen molar-refractivity contribution >= 4 is 5.97 Å². The topological polar surface area (TPSA) is 85.0 Å². The minimum absolute atomic E-state index is 0.0836. The van der Waals surface area contributed by atoms with Gasteiger partial charge in [0.2, 0.25) is 0 Å². The average molecular weight is 671 g/mol. The first-order valence-corrected chi connectivity index (χ1v) is 17.1. The lowest BCUT2D eigenvalue weighted by Crippen LogP contribution is -2.35. The normalized spacial score (nSPS) is 11.9. The number of rotatable bonds is 12. The van der Waals surface area contributed by atoms with Crippen molar-refractivity contribution in [3.63, 3.8) is 0 Å². The van der Waals surface area contributed by atoms with Gasteiger partial charge < -0.3 is 20.3 Å². The number of hydrogen-bond acceptors (Lipinski definition) is 5. The maximum Gasteiger partial charge on any atom is 0.320 e. The van der Waals surface area contributed by atoms with Gasteiger partial charge in [0.15, 0.2) is 0 Å². The van der Waals surface area contributed by atoms with Gasteiger partial charge in [-0.2, -0.15) is 0 Å². The van der Waals surface area contributed by atoms with E-state index in [4.69, 9.17) is 15.2 Å². The van der Waals surface area contributed by atoms with Gasteiger partial charge in [-0.15, -0.1) is 0 Å². The number of nitrogens with zero attached hydrogens (tertiary/aromatic N) is 1. The zero-order valence-corrected chi connectivity index (χ0v) is 30.3. The Morgan fingerprint density at radius 1 is 0.700 bits per heavy atom. The molecular weight excluding hydrogens is 620 g/mol. The van der Waals surface area contributed by atoms with Crippen molar-refractivity contribution < 1.29 is 19.4 Å². The van der Waals surface area contributed by atoms with E-state index in [1.807, 2.05) is 72.8 Å². The van der Waals surface area contributed by atoms with Gasteiger partial charge in [0.1, 0.15) is 30.8 Å². The van der Waals surface area contributed by atoms with E-state index in [0.717, 1.165) is 33.8 Å². The molecule has 0 spiro atoms. The Balaban J connectivity index is 1.66. The van der Waals surface area contributed by atoms with E-state index in [2.05, 4.69) is 94.4 Å². The Hall–Kier alpha value is -5.01. The van der Waals surface area contributed by atoms with Gasteiger partial charge >= 0.3 is 5.97 Å². The number of hydrogen-bond donors (Lipinski definition) is 2. The number of ether oxygens (including phenoxy) is 2. The largest absolute Gasteiger partial charge is 0.481 e. The number of nitrogens with two attached hydrogens (primary N) is 1. The minimum atomic E-state index is -1.02. The first kappa shape index (κ1) is 37.8. The highest BCUT2D eigenvalue weighted by atomic mass is 16.5. The van der Waals surface area contributed by atoms with Crippen LogP contribution in [-0.4, -0.2) is 41.8 Å². The summed E-state index contributed by atoms with van der Waals surface area (Å²) in [5, 5.41) is 9.61. The van der Waals surface area contributed by atoms with Crippen LogP contribution in [0.4, 0.5) is 0 Å². The third-order valence-electron chi connectivity index (χ3n) is 8.33. The van der Waals surface area contributed by atoms with E-state index in [1.54, 1.807) is 0 Å². The van der Waals surface area contributed by atoms with E-state index in [1.165, 1.54) is 11.1 Å². The summed E-state index contributed by atoms with van der Waals surface area (Å²) in [5.41, 5.74) is 12.1. The molecule has 0 saturated carbocycles. The van der Waals surface area contributed by atoms with Crippen molar-refractivity contribution in [3.05, 3.63) is 130 Å². The predicted octanol–water partition coefficient (Wildman–Crippen LogP) is 7.95. The fraction of sp³-hybridized carbons (Fsp3) is 0.341. The Morgan fingerprint density at radius 3 is 1.50 bits per heavy atom. The molecule has 0 aliphatic carbocycles. The number of benzene rings is 4. The van der Waals surface area contributed by atoms with E-state index in [-0.39, 0.29) is 30.5 Å². The van der Waals surface area contributed by atoms with E-state index >= 15 is 0 Å². The molecule has 1 atom stereocenters. The van der Waals surface area contributed by atoms with Crippen LogP contribution in [0.3, 0.4) is 0 Å². The van der Waals surface area contributed by atoms with Crippen LogP contribution in [0.1, 0.15) is 81.3 Å². The van der Waals surface area contributed by atoms with Crippen molar-refractivity contribution in [1.29, 1.82) is 0 Å². The van der Waals surface area contributed by atoms with Gasteiger partial charge in [-0.05, 0) is 64.8 Å². The third kappa shape index (κ3) is 11.8. The molecule has 0 aromatic heterocycles. The fourth-order valence-corrected chi connectivity index (χ4v) is 5.31. The SMILES string of the molecule is CC(C)(C)c1ccc(OCC#Cc2ccccc2)c(CN(CCC(N)C(=O)O)Cc2cc(C(C)(C)C)ccc2OCC#Cc2ccccc2)c1. The van der Waals surface area contributed by atoms with Crippen LogP contribution < -0.4 is 15.2 Å². The second-order valence-electron chi connectivity index (χ2n) is 14.5. The van der Waals surface area contributed by atoms with Crippen molar-refractivity contribution in [1.82, 2.24) is 4.90 Å². The molecule has 0 fully saturated rings. The molecule has 0 saturated heterocycles. The van der Waals surface area contributed by atoms with Gasteiger partial charge in [-0.1, -0.05) is 126 Å². The van der Waals surface area contributed by atoms with Crippen LogP contribution in [0.15, 0.2) is 97.1 Å². The molecule has 4 aromatic rings. The van der Waals surface area contributed by atoms with Gasteiger partial charge in [-0.25, -0.2) is 0 Å². The molecule has 0 radical (unpaired) electrons.